The minimum absolute atomic E-state index is 0.0531. The summed E-state index contributed by atoms with van der Waals surface area (Å²) in [7, 11) is 1.60. The van der Waals surface area contributed by atoms with Crippen LogP contribution in [0, 0.1) is 0 Å². The van der Waals surface area contributed by atoms with Gasteiger partial charge in [-0.15, -0.1) is 0 Å². The SMILES string of the molecule is CNC(=O)[C@@H](C)NCc1ccc(Cl)o1. The highest BCUT2D eigenvalue weighted by molar-refractivity contribution is 6.28. The van der Waals surface area contributed by atoms with E-state index in [1.54, 1.807) is 26.1 Å². The minimum Gasteiger partial charge on any atom is -0.448 e. The zero-order valence-corrected chi connectivity index (χ0v) is 8.89. The highest BCUT2D eigenvalue weighted by Gasteiger charge is 2.10. The van der Waals surface area contributed by atoms with Gasteiger partial charge >= 0.3 is 0 Å². The lowest BCUT2D eigenvalue weighted by Crippen LogP contribution is -2.40. The molecule has 1 rings (SSSR count). The van der Waals surface area contributed by atoms with Gasteiger partial charge in [-0.25, -0.2) is 0 Å². The van der Waals surface area contributed by atoms with Crippen molar-refractivity contribution in [1.29, 1.82) is 0 Å². The first-order valence-electron chi connectivity index (χ1n) is 4.32. The van der Waals surface area contributed by atoms with Gasteiger partial charge < -0.3 is 9.73 Å². The van der Waals surface area contributed by atoms with Gasteiger partial charge in [-0.3, -0.25) is 10.1 Å². The van der Waals surface area contributed by atoms with E-state index in [4.69, 9.17) is 16.0 Å². The monoisotopic (exact) mass is 216 g/mol. The lowest BCUT2D eigenvalue weighted by molar-refractivity contribution is -0.122. The molecule has 0 saturated carbocycles. The molecule has 4 nitrogen and oxygen atoms in total. The van der Waals surface area contributed by atoms with E-state index in [0.29, 0.717) is 17.5 Å². The summed E-state index contributed by atoms with van der Waals surface area (Å²) in [4.78, 5) is 11.1. The van der Waals surface area contributed by atoms with Crippen molar-refractivity contribution in [2.24, 2.45) is 0 Å². The largest absolute Gasteiger partial charge is 0.448 e. The van der Waals surface area contributed by atoms with Gasteiger partial charge in [0.05, 0.1) is 12.6 Å². The van der Waals surface area contributed by atoms with Crippen molar-refractivity contribution < 1.29 is 9.21 Å². The second-order valence-corrected chi connectivity index (χ2v) is 3.30. The molecule has 14 heavy (non-hydrogen) atoms. The molecule has 0 saturated heterocycles. The van der Waals surface area contributed by atoms with Gasteiger partial charge in [-0.2, -0.15) is 0 Å². The number of nitrogens with one attached hydrogen (secondary N) is 2. The summed E-state index contributed by atoms with van der Waals surface area (Å²) in [5.41, 5.74) is 0. The minimum atomic E-state index is -0.246. The summed E-state index contributed by atoms with van der Waals surface area (Å²) in [6.45, 7) is 2.27. The molecule has 0 fully saturated rings. The number of carbonyl (C=O) groups excluding carboxylic acids is 1. The van der Waals surface area contributed by atoms with Crippen molar-refractivity contribution in [3.63, 3.8) is 0 Å². The van der Waals surface area contributed by atoms with E-state index in [1.807, 2.05) is 0 Å². The zero-order chi connectivity index (χ0) is 10.6. The molecule has 1 aromatic rings. The third-order valence-electron chi connectivity index (χ3n) is 1.85. The number of halogens is 1. The first kappa shape index (κ1) is 11.1. The fraction of sp³-hybridized carbons (Fsp3) is 0.444. The van der Waals surface area contributed by atoms with Crippen molar-refractivity contribution in [3.8, 4) is 0 Å². The smallest absolute Gasteiger partial charge is 0.236 e. The second kappa shape index (κ2) is 5.02. The fourth-order valence-corrected chi connectivity index (χ4v) is 1.17. The van der Waals surface area contributed by atoms with Crippen LogP contribution in [0.5, 0.6) is 0 Å². The van der Waals surface area contributed by atoms with Crippen LogP contribution >= 0.6 is 11.6 Å². The molecule has 2 N–H and O–H groups in total. The Hall–Kier alpha value is -1.00. The fourth-order valence-electron chi connectivity index (χ4n) is 1.01. The van der Waals surface area contributed by atoms with E-state index in [-0.39, 0.29) is 11.9 Å². The summed E-state index contributed by atoms with van der Waals surface area (Å²) in [6, 6.07) is 3.19. The van der Waals surface area contributed by atoms with Gasteiger partial charge in [-0.1, -0.05) is 0 Å². The number of rotatable bonds is 4. The number of furan rings is 1. The average molecular weight is 217 g/mol. The summed E-state index contributed by atoms with van der Waals surface area (Å²) in [5, 5.41) is 5.90. The Morgan fingerprint density at radius 1 is 1.64 bits per heavy atom. The molecular formula is C9H13ClN2O2. The molecule has 0 aliphatic heterocycles. The van der Waals surface area contributed by atoms with Crippen LogP contribution in [0.25, 0.3) is 0 Å². The van der Waals surface area contributed by atoms with Crippen LogP contribution in [-0.2, 0) is 11.3 Å². The maximum Gasteiger partial charge on any atom is 0.236 e. The summed E-state index contributed by atoms with van der Waals surface area (Å²) >= 11 is 5.59. The molecule has 78 valence electrons. The Morgan fingerprint density at radius 2 is 2.36 bits per heavy atom. The Balaban J connectivity index is 2.37. The van der Waals surface area contributed by atoms with E-state index in [9.17, 15) is 4.79 Å². The quantitative estimate of drug-likeness (QED) is 0.794. The van der Waals surface area contributed by atoms with Gasteiger partial charge in [0, 0.05) is 7.05 Å². The van der Waals surface area contributed by atoms with Crippen molar-refractivity contribution in [3.05, 3.63) is 23.1 Å². The van der Waals surface area contributed by atoms with Crippen molar-refractivity contribution in [2.45, 2.75) is 19.5 Å². The molecule has 0 spiro atoms. The molecule has 0 aliphatic rings. The predicted molar refractivity (Wildman–Crippen MR) is 54.1 cm³/mol. The molecule has 0 bridgehead atoms. The summed E-state index contributed by atoms with van der Waals surface area (Å²) in [6.07, 6.45) is 0. The van der Waals surface area contributed by atoms with Crippen LogP contribution in [0.2, 0.25) is 5.22 Å². The number of amides is 1. The van der Waals surface area contributed by atoms with Gasteiger partial charge in [0.2, 0.25) is 5.91 Å². The number of carbonyl (C=O) groups is 1. The molecule has 1 heterocycles. The van der Waals surface area contributed by atoms with Crippen LogP contribution in [0.4, 0.5) is 0 Å². The maximum absolute atomic E-state index is 11.1. The first-order chi connectivity index (χ1) is 6.63. The lowest BCUT2D eigenvalue weighted by atomic mass is 10.3. The number of hydrogen-bond acceptors (Lipinski definition) is 3. The highest BCUT2D eigenvalue weighted by atomic mass is 35.5. The van der Waals surface area contributed by atoms with Crippen molar-refractivity contribution in [1.82, 2.24) is 10.6 Å². The van der Waals surface area contributed by atoms with E-state index in [2.05, 4.69) is 10.6 Å². The Kier molecular flexibility index (Phi) is 3.98. The second-order valence-electron chi connectivity index (χ2n) is 2.92. The Bertz CT molecular complexity index is 312. The molecule has 1 amide bonds. The van der Waals surface area contributed by atoms with Crippen LogP contribution in [0.15, 0.2) is 16.5 Å². The number of likely N-dealkylation sites (N-methyl/N-ethyl adjacent to an activating group) is 1. The molecule has 0 aromatic carbocycles. The lowest BCUT2D eigenvalue weighted by Gasteiger charge is -2.10. The van der Waals surface area contributed by atoms with Gasteiger partial charge in [0.25, 0.3) is 0 Å². The van der Waals surface area contributed by atoms with Gasteiger partial charge in [0.1, 0.15) is 5.76 Å². The summed E-state index contributed by atoms with van der Waals surface area (Å²) in [5.74, 6) is 0.661. The third-order valence-corrected chi connectivity index (χ3v) is 2.05. The molecule has 0 unspecified atom stereocenters. The normalized spacial score (nSPS) is 12.5. The Labute approximate surface area is 87.6 Å². The van der Waals surface area contributed by atoms with E-state index in [1.165, 1.54) is 0 Å². The highest BCUT2D eigenvalue weighted by Crippen LogP contribution is 2.12. The van der Waals surface area contributed by atoms with Gasteiger partial charge in [-0.05, 0) is 30.7 Å². The number of hydrogen-bond donors (Lipinski definition) is 2. The van der Waals surface area contributed by atoms with Crippen molar-refractivity contribution in [2.75, 3.05) is 7.05 Å². The van der Waals surface area contributed by atoms with E-state index >= 15 is 0 Å². The van der Waals surface area contributed by atoms with Crippen LogP contribution in [-0.4, -0.2) is 19.0 Å². The van der Waals surface area contributed by atoms with Crippen LogP contribution in [0.3, 0.4) is 0 Å². The molecule has 0 aliphatic carbocycles. The van der Waals surface area contributed by atoms with Gasteiger partial charge in [0.15, 0.2) is 5.22 Å². The topological polar surface area (TPSA) is 54.3 Å². The Morgan fingerprint density at radius 3 is 2.86 bits per heavy atom. The molecule has 5 heteroatoms. The van der Waals surface area contributed by atoms with E-state index < -0.39 is 0 Å². The van der Waals surface area contributed by atoms with Crippen LogP contribution in [0.1, 0.15) is 12.7 Å². The molecule has 0 radical (unpaired) electrons. The van der Waals surface area contributed by atoms with Crippen molar-refractivity contribution >= 4 is 17.5 Å². The molecular weight excluding hydrogens is 204 g/mol. The molecule has 1 aromatic heterocycles. The standard InChI is InChI=1S/C9H13ClN2O2/c1-6(9(13)11-2)12-5-7-3-4-8(10)14-7/h3-4,6,12H,5H2,1-2H3,(H,11,13)/t6-/m1/s1. The predicted octanol–water partition coefficient (Wildman–Crippen LogP) is 1.16. The summed E-state index contributed by atoms with van der Waals surface area (Å²) < 4.78 is 5.12. The maximum atomic E-state index is 11.1. The average Bonchev–Trinajstić information content (AvgIpc) is 2.59. The molecule has 1 atom stereocenters. The van der Waals surface area contributed by atoms with Crippen LogP contribution < -0.4 is 10.6 Å². The first-order valence-corrected chi connectivity index (χ1v) is 4.70. The van der Waals surface area contributed by atoms with E-state index in [0.717, 1.165) is 0 Å². The zero-order valence-electron chi connectivity index (χ0n) is 8.13. The third kappa shape index (κ3) is 3.05.